The fourth-order valence-electron chi connectivity index (χ4n) is 1.79. The van der Waals surface area contributed by atoms with Crippen LogP contribution in [-0.4, -0.2) is 49.7 Å². The van der Waals surface area contributed by atoms with Crippen molar-refractivity contribution in [3.8, 4) is 0 Å². The summed E-state index contributed by atoms with van der Waals surface area (Å²) in [7, 11) is 1.23. The van der Waals surface area contributed by atoms with Gasteiger partial charge in [0.1, 0.15) is 6.04 Å². The Morgan fingerprint density at radius 1 is 1.29 bits per heavy atom. The quantitative estimate of drug-likeness (QED) is 0.267. The monoisotopic (exact) mass is 302 g/mol. The third-order valence-electron chi connectivity index (χ3n) is 3.17. The fourth-order valence-corrected chi connectivity index (χ4v) is 1.79. The molecule has 0 aromatic rings. The highest BCUT2D eigenvalue weighted by Gasteiger charge is 2.19. The lowest BCUT2D eigenvalue weighted by atomic mass is 10.1. The van der Waals surface area contributed by atoms with E-state index in [2.05, 4.69) is 15.4 Å². The van der Waals surface area contributed by atoms with Gasteiger partial charge in [-0.15, -0.1) is 0 Å². The Kier molecular flexibility index (Phi) is 11.2. The van der Waals surface area contributed by atoms with E-state index in [0.29, 0.717) is 13.0 Å². The number of amides is 2. The highest BCUT2D eigenvalue weighted by molar-refractivity contribution is 5.80. The zero-order valence-corrected chi connectivity index (χ0v) is 12.8. The molecule has 0 fully saturated rings. The summed E-state index contributed by atoms with van der Waals surface area (Å²) in [4.78, 5) is 33.3. The Bertz CT molecular complexity index is 322. The van der Waals surface area contributed by atoms with Crippen LogP contribution in [0.3, 0.4) is 0 Å². The number of carbonyl (C=O) groups is 3. The van der Waals surface area contributed by atoms with Crippen molar-refractivity contribution in [1.29, 1.82) is 0 Å². The molecule has 2 atom stereocenters. The van der Waals surface area contributed by atoms with Crippen LogP contribution >= 0.6 is 0 Å². The van der Waals surface area contributed by atoms with E-state index in [4.69, 9.17) is 5.11 Å². The van der Waals surface area contributed by atoms with E-state index in [-0.39, 0.29) is 31.3 Å². The lowest BCUT2D eigenvalue weighted by Gasteiger charge is -2.13. The normalized spacial score (nSPS) is 13.1. The van der Waals surface area contributed by atoms with Gasteiger partial charge in [0.2, 0.25) is 12.3 Å². The molecular weight excluding hydrogens is 276 g/mol. The summed E-state index contributed by atoms with van der Waals surface area (Å²) in [5.74, 6) is -0.435. The summed E-state index contributed by atoms with van der Waals surface area (Å²) in [6.07, 6.45) is 3.50. The maximum Gasteiger partial charge on any atom is 0.328 e. The Hall–Kier alpha value is -1.63. The molecule has 0 radical (unpaired) electrons. The van der Waals surface area contributed by atoms with Crippen LogP contribution in [0.5, 0.6) is 0 Å². The molecule has 21 heavy (non-hydrogen) atoms. The van der Waals surface area contributed by atoms with Gasteiger partial charge in [-0.1, -0.05) is 13.3 Å². The van der Waals surface area contributed by atoms with Gasteiger partial charge in [-0.2, -0.15) is 0 Å². The van der Waals surface area contributed by atoms with E-state index < -0.39 is 12.0 Å². The van der Waals surface area contributed by atoms with Gasteiger partial charge < -0.3 is 20.5 Å². The second-order valence-corrected chi connectivity index (χ2v) is 5.03. The molecule has 0 saturated heterocycles. The average molecular weight is 302 g/mol. The van der Waals surface area contributed by atoms with E-state index in [1.54, 1.807) is 0 Å². The zero-order chi connectivity index (χ0) is 16.1. The minimum absolute atomic E-state index is 0.146. The van der Waals surface area contributed by atoms with Gasteiger partial charge in [-0.25, -0.2) is 4.79 Å². The lowest BCUT2D eigenvalue weighted by Crippen LogP contribution is -2.38. The van der Waals surface area contributed by atoms with E-state index >= 15 is 0 Å². The molecule has 7 nitrogen and oxygen atoms in total. The van der Waals surface area contributed by atoms with Gasteiger partial charge in [0.25, 0.3) is 0 Å². The lowest BCUT2D eigenvalue weighted by molar-refractivity contribution is -0.144. The van der Waals surface area contributed by atoms with Crippen LogP contribution in [-0.2, 0) is 19.1 Å². The first kappa shape index (κ1) is 19.4. The van der Waals surface area contributed by atoms with Crippen molar-refractivity contribution in [3.05, 3.63) is 0 Å². The molecule has 122 valence electrons. The Morgan fingerprint density at radius 2 is 2.00 bits per heavy atom. The number of carbonyl (C=O) groups excluding carboxylic acids is 3. The molecule has 0 aliphatic carbocycles. The highest BCUT2D eigenvalue weighted by atomic mass is 16.5. The molecule has 0 spiro atoms. The number of aliphatic hydroxyl groups excluding tert-OH is 1. The molecule has 0 aromatic carbocycles. The van der Waals surface area contributed by atoms with Crippen LogP contribution in [0, 0.1) is 5.92 Å². The van der Waals surface area contributed by atoms with E-state index in [1.807, 2.05) is 6.92 Å². The first-order chi connectivity index (χ1) is 10.0. The summed E-state index contributed by atoms with van der Waals surface area (Å²) >= 11 is 0. The molecule has 3 N–H and O–H groups in total. The maximum atomic E-state index is 11.6. The number of esters is 1. The van der Waals surface area contributed by atoms with Crippen LogP contribution in [0.1, 0.15) is 39.0 Å². The second kappa shape index (κ2) is 12.1. The molecule has 2 unspecified atom stereocenters. The Labute approximate surface area is 125 Å². The molecule has 0 rings (SSSR count). The summed E-state index contributed by atoms with van der Waals surface area (Å²) in [6.45, 7) is 2.73. The number of ether oxygens (including phenoxy) is 1. The van der Waals surface area contributed by atoms with E-state index in [9.17, 15) is 14.4 Å². The number of rotatable bonds is 12. The standard InChI is InChI=1S/C14H26N2O5/c1-11(9-17)5-3-4-8-15-13(19)7-6-12(16-10-18)14(20)21-2/h10-12,17H,3-9H2,1-2H3,(H,15,19)(H,16,18). The van der Waals surface area contributed by atoms with Crippen molar-refractivity contribution >= 4 is 18.3 Å². The second-order valence-electron chi connectivity index (χ2n) is 5.03. The van der Waals surface area contributed by atoms with Crippen molar-refractivity contribution in [2.24, 2.45) is 5.92 Å². The fraction of sp³-hybridized carbons (Fsp3) is 0.786. The maximum absolute atomic E-state index is 11.6. The van der Waals surface area contributed by atoms with Gasteiger partial charge >= 0.3 is 5.97 Å². The Morgan fingerprint density at radius 3 is 2.57 bits per heavy atom. The van der Waals surface area contributed by atoms with Crippen molar-refractivity contribution < 1.29 is 24.2 Å². The third-order valence-corrected chi connectivity index (χ3v) is 3.17. The number of hydrogen-bond acceptors (Lipinski definition) is 5. The van der Waals surface area contributed by atoms with Crippen LogP contribution < -0.4 is 10.6 Å². The van der Waals surface area contributed by atoms with Crippen molar-refractivity contribution in [2.45, 2.75) is 45.1 Å². The van der Waals surface area contributed by atoms with Crippen LogP contribution in [0.25, 0.3) is 0 Å². The SMILES string of the molecule is COC(=O)C(CCC(=O)NCCCCC(C)CO)NC=O. The molecule has 7 heteroatoms. The number of unbranched alkanes of at least 4 members (excludes halogenated alkanes) is 1. The number of methoxy groups -OCH3 is 1. The molecule has 0 bridgehead atoms. The average Bonchev–Trinajstić information content (AvgIpc) is 2.49. The predicted octanol–water partition coefficient (Wildman–Crippen LogP) is -0.0309. The largest absolute Gasteiger partial charge is 0.467 e. The summed E-state index contributed by atoms with van der Waals surface area (Å²) in [5.41, 5.74) is 0. The molecule has 0 heterocycles. The summed E-state index contributed by atoms with van der Waals surface area (Å²) in [6, 6.07) is -0.788. The zero-order valence-electron chi connectivity index (χ0n) is 12.8. The molecule has 0 saturated carbocycles. The van der Waals surface area contributed by atoms with Crippen LogP contribution in [0.4, 0.5) is 0 Å². The summed E-state index contributed by atoms with van der Waals surface area (Å²) in [5, 5.41) is 14.0. The first-order valence-electron chi connectivity index (χ1n) is 7.20. The molecular formula is C14H26N2O5. The van der Waals surface area contributed by atoms with Gasteiger partial charge in [-0.3, -0.25) is 9.59 Å². The predicted molar refractivity (Wildman–Crippen MR) is 77.3 cm³/mol. The highest BCUT2D eigenvalue weighted by Crippen LogP contribution is 2.06. The van der Waals surface area contributed by atoms with Gasteiger partial charge in [0.15, 0.2) is 0 Å². The third kappa shape index (κ3) is 9.84. The van der Waals surface area contributed by atoms with Crippen LogP contribution in [0.15, 0.2) is 0 Å². The van der Waals surface area contributed by atoms with Crippen LogP contribution in [0.2, 0.25) is 0 Å². The first-order valence-corrected chi connectivity index (χ1v) is 7.20. The minimum Gasteiger partial charge on any atom is -0.467 e. The van der Waals surface area contributed by atoms with Crippen molar-refractivity contribution in [1.82, 2.24) is 10.6 Å². The van der Waals surface area contributed by atoms with Gasteiger partial charge in [0.05, 0.1) is 7.11 Å². The topological polar surface area (TPSA) is 105 Å². The Balaban J connectivity index is 3.77. The van der Waals surface area contributed by atoms with Crippen molar-refractivity contribution in [3.63, 3.8) is 0 Å². The number of aliphatic hydroxyl groups is 1. The number of hydrogen-bond donors (Lipinski definition) is 3. The summed E-state index contributed by atoms with van der Waals surface area (Å²) < 4.78 is 4.53. The number of nitrogens with one attached hydrogen (secondary N) is 2. The molecule has 0 aliphatic heterocycles. The van der Waals surface area contributed by atoms with E-state index in [0.717, 1.165) is 19.3 Å². The van der Waals surface area contributed by atoms with Gasteiger partial charge in [-0.05, 0) is 25.2 Å². The smallest absolute Gasteiger partial charge is 0.328 e. The molecule has 2 amide bonds. The van der Waals surface area contributed by atoms with Crippen molar-refractivity contribution in [2.75, 3.05) is 20.3 Å². The van der Waals surface area contributed by atoms with E-state index in [1.165, 1.54) is 7.11 Å². The molecule has 0 aliphatic rings. The minimum atomic E-state index is -0.788. The molecule has 0 aromatic heterocycles. The van der Waals surface area contributed by atoms with Gasteiger partial charge in [0, 0.05) is 19.6 Å².